The van der Waals surface area contributed by atoms with Crippen molar-refractivity contribution in [2.24, 2.45) is 0 Å². The minimum Gasteiger partial charge on any atom is -0.480 e. The van der Waals surface area contributed by atoms with Crippen molar-refractivity contribution in [3.63, 3.8) is 0 Å². The number of nitrogens with one attached hydrogen (secondary N) is 2. The van der Waals surface area contributed by atoms with Crippen LogP contribution in [0.2, 0.25) is 0 Å². The Morgan fingerprint density at radius 1 is 1.28 bits per heavy atom. The highest BCUT2D eigenvalue weighted by Gasteiger charge is 2.33. The Bertz CT molecular complexity index is 1020. The molecule has 2 atom stereocenters. The summed E-state index contributed by atoms with van der Waals surface area (Å²) in [7, 11) is 0. The molecule has 2 aromatic rings. The SMILES string of the molecule is O=CCC(NC(=O)C1CCc2ncc(NC(=O)c3ccccc3)c(=O)n21)C(=O)O. The third-order valence-electron chi connectivity index (χ3n) is 4.56. The minimum atomic E-state index is -1.38. The first-order valence-corrected chi connectivity index (χ1v) is 8.86. The Morgan fingerprint density at radius 3 is 2.66 bits per heavy atom. The van der Waals surface area contributed by atoms with Crippen molar-refractivity contribution in [2.75, 3.05) is 5.32 Å². The number of carbonyl (C=O) groups is 4. The quantitative estimate of drug-likeness (QED) is 0.562. The first kappa shape index (κ1) is 19.9. The Balaban J connectivity index is 1.84. The predicted molar refractivity (Wildman–Crippen MR) is 100 cm³/mol. The van der Waals surface area contributed by atoms with Crippen molar-refractivity contribution in [1.82, 2.24) is 14.9 Å². The number of amides is 2. The van der Waals surface area contributed by atoms with Gasteiger partial charge in [-0.3, -0.25) is 19.0 Å². The van der Waals surface area contributed by atoms with E-state index in [1.807, 2.05) is 0 Å². The Hall–Kier alpha value is -3.82. The third-order valence-corrected chi connectivity index (χ3v) is 4.56. The van der Waals surface area contributed by atoms with E-state index in [-0.39, 0.29) is 18.5 Å². The van der Waals surface area contributed by atoms with Crippen LogP contribution in [0.3, 0.4) is 0 Å². The van der Waals surface area contributed by atoms with E-state index >= 15 is 0 Å². The highest BCUT2D eigenvalue weighted by Crippen LogP contribution is 2.23. The molecule has 2 unspecified atom stereocenters. The number of carboxylic acid groups (broad SMARTS) is 1. The van der Waals surface area contributed by atoms with Gasteiger partial charge in [-0.25, -0.2) is 9.78 Å². The van der Waals surface area contributed by atoms with Crippen molar-refractivity contribution < 1.29 is 24.3 Å². The second-order valence-electron chi connectivity index (χ2n) is 6.44. The van der Waals surface area contributed by atoms with E-state index in [9.17, 15) is 24.0 Å². The average molecular weight is 398 g/mol. The standard InChI is InChI=1S/C19H18N4O6/c24-9-8-12(19(28)29)21-17(26)14-6-7-15-20-10-13(18(27)23(14)15)22-16(25)11-4-2-1-3-5-11/h1-5,9-10,12,14H,6-8H2,(H,21,26)(H,22,25)(H,28,29). The van der Waals surface area contributed by atoms with Crippen molar-refractivity contribution in [1.29, 1.82) is 0 Å². The minimum absolute atomic E-state index is 0.0926. The van der Waals surface area contributed by atoms with Gasteiger partial charge in [0.1, 0.15) is 29.9 Å². The first-order valence-electron chi connectivity index (χ1n) is 8.86. The van der Waals surface area contributed by atoms with Crippen molar-refractivity contribution >= 4 is 29.8 Å². The molecule has 0 aliphatic carbocycles. The molecule has 10 heteroatoms. The molecule has 0 saturated carbocycles. The lowest BCUT2D eigenvalue weighted by Crippen LogP contribution is -2.45. The van der Waals surface area contributed by atoms with Crippen LogP contribution in [0.5, 0.6) is 0 Å². The summed E-state index contributed by atoms with van der Waals surface area (Å²) in [6, 6.07) is 5.93. The lowest BCUT2D eigenvalue weighted by molar-refractivity contribution is -0.143. The number of aldehydes is 1. The fourth-order valence-electron chi connectivity index (χ4n) is 3.11. The first-order chi connectivity index (χ1) is 13.9. The Labute approximate surface area is 164 Å². The number of nitrogens with zero attached hydrogens (tertiary/aromatic N) is 2. The number of carboxylic acids is 1. The zero-order valence-corrected chi connectivity index (χ0v) is 15.2. The molecule has 3 rings (SSSR count). The molecule has 1 aliphatic heterocycles. The van der Waals surface area contributed by atoms with E-state index in [2.05, 4.69) is 15.6 Å². The van der Waals surface area contributed by atoms with E-state index < -0.39 is 35.4 Å². The topological polar surface area (TPSA) is 147 Å². The highest BCUT2D eigenvalue weighted by molar-refractivity contribution is 6.04. The van der Waals surface area contributed by atoms with E-state index in [4.69, 9.17) is 5.11 Å². The summed E-state index contributed by atoms with van der Waals surface area (Å²) < 4.78 is 1.15. The van der Waals surface area contributed by atoms with Gasteiger partial charge in [-0.05, 0) is 18.6 Å². The molecule has 0 saturated heterocycles. The van der Waals surface area contributed by atoms with Crippen molar-refractivity contribution in [3.8, 4) is 0 Å². The number of hydrogen-bond acceptors (Lipinski definition) is 6. The van der Waals surface area contributed by atoms with E-state index in [0.29, 0.717) is 24.1 Å². The lowest BCUT2D eigenvalue weighted by Gasteiger charge is -2.18. The van der Waals surface area contributed by atoms with Gasteiger partial charge in [0.05, 0.1) is 6.20 Å². The lowest BCUT2D eigenvalue weighted by atomic mass is 10.1. The molecule has 1 aromatic carbocycles. The normalized spacial score (nSPS) is 15.8. The number of carbonyl (C=O) groups excluding carboxylic acids is 3. The molecule has 150 valence electrons. The van der Waals surface area contributed by atoms with Gasteiger partial charge in [0.15, 0.2) is 0 Å². The predicted octanol–water partition coefficient (Wildman–Crippen LogP) is 0.141. The summed E-state index contributed by atoms with van der Waals surface area (Å²) in [6.45, 7) is 0. The summed E-state index contributed by atoms with van der Waals surface area (Å²) in [5.74, 6) is -2.19. The van der Waals surface area contributed by atoms with E-state index in [0.717, 1.165) is 4.57 Å². The maximum Gasteiger partial charge on any atom is 0.326 e. The van der Waals surface area contributed by atoms with Crippen LogP contribution in [0.4, 0.5) is 5.69 Å². The van der Waals surface area contributed by atoms with Gasteiger partial charge in [0.25, 0.3) is 11.5 Å². The number of aryl methyl sites for hydroxylation is 1. The van der Waals surface area contributed by atoms with Crippen LogP contribution in [0.1, 0.15) is 35.1 Å². The molecular formula is C19H18N4O6. The van der Waals surface area contributed by atoms with Gasteiger partial charge in [-0.15, -0.1) is 0 Å². The Morgan fingerprint density at radius 2 is 2.00 bits per heavy atom. The summed E-state index contributed by atoms with van der Waals surface area (Å²) >= 11 is 0. The smallest absolute Gasteiger partial charge is 0.326 e. The summed E-state index contributed by atoms with van der Waals surface area (Å²) in [5.41, 5.74) is -0.353. The number of hydrogen-bond donors (Lipinski definition) is 3. The van der Waals surface area contributed by atoms with E-state index in [1.54, 1.807) is 30.3 Å². The molecule has 0 bridgehead atoms. The van der Waals surface area contributed by atoms with Crippen molar-refractivity contribution in [2.45, 2.75) is 31.3 Å². The number of rotatable bonds is 7. The zero-order chi connectivity index (χ0) is 21.0. The number of anilines is 1. The summed E-state index contributed by atoms with van der Waals surface area (Å²) in [6.07, 6.45) is 1.83. The number of aromatic nitrogens is 2. The molecule has 2 amide bonds. The number of fused-ring (bicyclic) bond motifs is 1. The van der Waals surface area contributed by atoms with Gasteiger partial charge in [-0.1, -0.05) is 18.2 Å². The second kappa shape index (κ2) is 8.46. The largest absolute Gasteiger partial charge is 0.480 e. The maximum absolute atomic E-state index is 12.8. The van der Waals surface area contributed by atoms with Crippen LogP contribution >= 0.6 is 0 Å². The third kappa shape index (κ3) is 4.21. The molecule has 29 heavy (non-hydrogen) atoms. The molecule has 10 nitrogen and oxygen atoms in total. The van der Waals surface area contributed by atoms with E-state index in [1.165, 1.54) is 6.20 Å². The second-order valence-corrected chi connectivity index (χ2v) is 6.44. The van der Waals surface area contributed by atoms with Crippen LogP contribution in [0, 0.1) is 0 Å². The summed E-state index contributed by atoms with van der Waals surface area (Å²) in [5, 5.41) is 13.9. The zero-order valence-electron chi connectivity index (χ0n) is 15.2. The molecule has 1 aliphatic rings. The fraction of sp³-hybridized carbons (Fsp3) is 0.263. The van der Waals surface area contributed by atoms with Gasteiger partial charge in [-0.2, -0.15) is 0 Å². The van der Waals surface area contributed by atoms with Gasteiger partial charge < -0.3 is 20.5 Å². The molecule has 3 N–H and O–H groups in total. The highest BCUT2D eigenvalue weighted by atomic mass is 16.4. The number of benzene rings is 1. The van der Waals surface area contributed by atoms with Gasteiger partial charge in [0.2, 0.25) is 5.91 Å². The van der Waals surface area contributed by atoms with Gasteiger partial charge in [0, 0.05) is 18.4 Å². The van der Waals surface area contributed by atoms with Crippen LogP contribution in [0.25, 0.3) is 0 Å². The van der Waals surface area contributed by atoms with Crippen LogP contribution < -0.4 is 16.2 Å². The monoisotopic (exact) mass is 398 g/mol. The molecule has 2 heterocycles. The summed E-state index contributed by atoms with van der Waals surface area (Å²) in [4.78, 5) is 63.6. The van der Waals surface area contributed by atoms with Crippen LogP contribution in [-0.2, 0) is 20.8 Å². The van der Waals surface area contributed by atoms with Crippen LogP contribution in [0.15, 0.2) is 41.3 Å². The number of aliphatic carboxylic acids is 1. The molecule has 1 aromatic heterocycles. The van der Waals surface area contributed by atoms with Crippen molar-refractivity contribution in [3.05, 3.63) is 58.3 Å². The molecule has 0 fully saturated rings. The molecule has 0 spiro atoms. The molecular weight excluding hydrogens is 380 g/mol. The van der Waals surface area contributed by atoms with Crippen LogP contribution in [-0.4, -0.2) is 44.8 Å². The Kier molecular flexibility index (Phi) is 5.82. The molecule has 0 radical (unpaired) electrons. The maximum atomic E-state index is 12.8. The average Bonchev–Trinajstić information content (AvgIpc) is 3.15. The fourth-order valence-corrected chi connectivity index (χ4v) is 3.11. The van der Waals surface area contributed by atoms with Gasteiger partial charge >= 0.3 is 5.97 Å².